The van der Waals surface area contributed by atoms with E-state index in [0.717, 1.165) is 0 Å². The van der Waals surface area contributed by atoms with Crippen LogP contribution >= 0.6 is 0 Å². The van der Waals surface area contributed by atoms with Gasteiger partial charge in [-0.05, 0) is 107 Å². The quantitative estimate of drug-likeness (QED) is 0.174. The number of hydrogen-bond acceptors (Lipinski definition) is 3. The predicted molar refractivity (Wildman–Crippen MR) is 192 cm³/mol. The van der Waals surface area contributed by atoms with E-state index in [2.05, 4.69) is 27.9 Å². The molecule has 6 aromatic carbocycles. The highest BCUT2D eigenvalue weighted by molar-refractivity contribution is 6.12. The van der Waals surface area contributed by atoms with Crippen molar-refractivity contribution in [2.75, 3.05) is 0 Å². The molecule has 0 N–H and O–H groups in total. The van der Waals surface area contributed by atoms with E-state index in [1.807, 2.05) is 0 Å². The lowest BCUT2D eigenvalue weighted by molar-refractivity contribution is -0.137. The third-order valence-corrected chi connectivity index (χ3v) is 9.20. The monoisotopic (exact) mass is 677 g/mol. The Labute approximate surface area is 293 Å². The number of aromatic nitrogens is 2. The minimum absolute atomic E-state index is 0.217. The van der Waals surface area contributed by atoms with Gasteiger partial charge in [0.2, 0.25) is 0 Å². The second-order valence-electron chi connectivity index (χ2n) is 12.1. The standard InChI is InChI=1S/C42H18F3N7/c1-49-29-8-12-37-33(19-29)34-20-30(50-2)9-13-38(34)52(37)40-18-28(27-5-3-4-24(14-27)21-46)17-39(41(40)42(43,44)45)51-35-10-6-25(22-47)15-31(35)32-16-26(23-48)7-11-36(32)51/h3-20H. The van der Waals surface area contributed by atoms with Gasteiger partial charge in [-0.3, -0.25) is 0 Å². The van der Waals surface area contributed by atoms with Crippen LogP contribution in [-0.2, 0) is 6.18 Å². The lowest BCUT2D eigenvalue weighted by atomic mass is 9.98. The zero-order valence-electron chi connectivity index (χ0n) is 26.7. The summed E-state index contributed by atoms with van der Waals surface area (Å²) in [5.74, 6) is 0. The number of fused-ring (bicyclic) bond motifs is 6. The van der Waals surface area contributed by atoms with Gasteiger partial charge in [-0.15, -0.1) is 0 Å². The third kappa shape index (κ3) is 4.79. The molecular weight excluding hydrogens is 660 g/mol. The number of rotatable bonds is 3. The molecule has 0 bridgehead atoms. The van der Waals surface area contributed by atoms with Gasteiger partial charge < -0.3 is 9.13 Å². The Hall–Kier alpha value is -7.84. The van der Waals surface area contributed by atoms with Crippen molar-refractivity contribution in [1.82, 2.24) is 9.13 Å². The highest BCUT2D eigenvalue weighted by Crippen LogP contribution is 2.47. The Morgan fingerprint density at radius 3 is 1.35 bits per heavy atom. The van der Waals surface area contributed by atoms with Crippen LogP contribution in [0.2, 0.25) is 0 Å². The molecule has 0 amide bonds. The molecule has 0 saturated heterocycles. The van der Waals surface area contributed by atoms with E-state index < -0.39 is 11.7 Å². The average Bonchev–Trinajstić information content (AvgIpc) is 3.67. The van der Waals surface area contributed by atoms with E-state index in [-0.39, 0.29) is 22.7 Å². The molecule has 0 fully saturated rings. The normalized spacial score (nSPS) is 11.3. The molecule has 7 nitrogen and oxygen atoms in total. The summed E-state index contributed by atoms with van der Waals surface area (Å²) < 4.78 is 51.0. The van der Waals surface area contributed by atoms with E-state index in [9.17, 15) is 15.8 Å². The van der Waals surface area contributed by atoms with Gasteiger partial charge in [-0.1, -0.05) is 24.3 Å². The molecule has 0 saturated carbocycles. The van der Waals surface area contributed by atoms with Gasteiger partial charge in [-0.2, -0.15) is 29.0 Å². The van der Waals surface area contributed by atoms with Crippen LogP contribution in [0.1, 0.15) is 22.3 Å². The largest absolute Gasteiger partial charge is 0.420 e. The van der Waals surface area contributed by atoms with Crippen LogP contribution in [0.3, 0.4) is 0 Å². The van der Waals surface area contributed by atoms with Crippen LogP contribution < -0.4 is 0 Å². The molecule has 0 atom stereocenters. The first-order chi connectivity index (χ1) is 25.2. The van der Waals surface area contributed by atoms with E-state index in [4.69, 9.17) is 13.1 Å². The molecule has 8 rings (SSSR count). The number of alkyl halides is 3. The Bertz CT molecular complexity index is 2760. The Balaban J connectivity index is 1.61. The molecule has 52 heavy (non-hydrogen) atoms. The third-order valence-electron chi connectivity index (χ3n) is 9.20. The van der Waals surface area contributed by atoms with E-state index in [1.54, 1.807) is 84.9 Å². The number of benzene rings is 6. The van der Waals surface area contributed by atoms with Gasteiger partial charge in [0.05, 0.1) is 81.5 Å². The molecule has 0 aliphatic heterocycles. The minimum Gasteiger partial charge on any atom is -0.309 e. The maximum atomic E-state index is 16.0. The molecule has 2 heterocycles. The molecule has 8 aromatic rings. The van der Waals surface area contributed by atoms with E-state index in [0.29, 0.717) is 71.4 Å². The Morgan fingerprint density at radius 1 is 0.500 bits per heavy atom. The summed E-state index contributed by atoms with van der Waals surface area (Å²) in [5.41, 5.74) is 2.53. The fourth-order valence-corrected chi connectivity index (χ4v) is 7.01. The minimum atomic E-state index is -4.93. The van der Waals surface area contributed by atoms with Gasteiger partial charge >= 0.3 is 6.18 Å². The SMILES string of the molecule is [C-]#[N+]c1ccc2c(c1)c1cc([N+]#[C-])ccc1n2-c1cc(-c2cccc(C#N)c2)cc(-n2c3ccc(C#N)cc3c3cc(C#N)ccc32)c1C(F)(F)F. The number of hydrogen-bond donors (Lipinski definition) is 0. The number of nitrogens with zero attached hydrogens (tertiary/aromatic N) is 7. The van der Waals surface area contributed by atoms with E-state index >= 15 is 13.2 Å². The van der Waals surface area contributed by atoms with Gasteiger partial charge in [0.25, 0.3) is 0 Å². The fourth-order valence-electron chi connectivity index (χ4n) is 7.01. The molecule has 0 aliphatic carbocycles. The first kappa shape index (κ1) is 31.4. The van der Waals surface area contributed by atoms with Crippen LogP contribution in [0, 0.1) is 47.1 Å². The molecule has 0 spiro atoms. The smallest absolute Gasteiger partial charge is 0.309 e. The molecule has 242 valence electrons. The highest BCUT2D eigenvalue weighted by atomic mass is 19.4. The Morgan fingerprint density at radius 2 is 0.923 bits per heavy atom. The van der Waals surface area contributed by atoms with Crippen molar-refractivity contribution in [2.45, 2.75) is 6.18 Å². The molecular formula is C42H18F3N7. The molecule has 0 aliphatic rings. The van der Waals surface area contributed by atoms with Crippen LogP contribution in [0.4, 0.5) is 24.5 Å². The summed E-state index contributed by atoms with van der Waals surface area (Å²) in [7, 11) is 0. The maximum Gasteiger partial charge on any atom is 0.420 e. The molecule has 10 heteroatoms. The lowest BCUT2D eigenvalue weighted by Gasteiger charge is -2.23. The van der Waals surface area contributed by atoms with Crippen molar-refractivity contribution in [3.63, 3.8) is 0 Å². The second kappa shape index (κ2) is 11.6. The molecule has 0 unspecified atom stereocenters. The summed E-state index contributed by atoms with van der Waals surface area (Å²) in [4.78, 5) is 7.08. The summed E-state index contributed by atoms with van der Waals surface area (Å²) in [6.45, 7) is 15.2. The molecule has 0 radical (unpaired) electrons. The zero-order valence-corrected chi connectivity index (χ0v) is 26.7. The predicted octanol–water partition coefficient (Wildman–Crippen LogP) is 11.3. The first-order valence-corrected chi connectivity index (χ1v) is 15.7. The van der Waals surface area contributed by atoms with Gasteiger partial charge in [0.1, 0.15) is 5.56 Å². The second-order valence-corrected chi connectivity index (χ2v) is 12.1. The summed E-state index contributed by atoms with van der Waals surface area (Å²) >= 11 is 0. The lowest BCUT2D eigenvalue weighted by Crippen LogP contribution is -2.16. The zero-order chi connectivity index (χ0) is 36.3. The fraction of sp³-hybridized carbons (Fsp3) is 0.0238. The average molecular weight is 678 g/mol. The van der Waals surface area contributed by atoms with Crippen molar-refractivity contribution in [1.29, 1.82) is 15.8 Å². The maximum absolute atomic E-state index is 16.0. The summed E-state index contributed by atoms with van der Waals surface area (Å²) in [6.07, 6.45) is -4.93. The van der Waals surface area contributed by atoms with Gasteiger partial charge in [0.15, 0.2) is 11.4 Å². The van der Waals surface area contributed by atoms with Crippen molar-refractivity contribution in [3.05, 3.63) is 154 Å². The summed E-state index contributed by atoms with van der Waals surface area (Å²) in [5, 5.41) is 31.1. The van der Waals surface area contributed by atoms with E-state index in [1.165, 1.54) is 33.4 Å². The van der Waals surface area contributed by atoms with Crippen LogP contribution in [0.25, 0.3) is 75.8 Å². The van der Waals surface area contributed by atoms with Crippen molar-refractivity contribution < 1.29 is 13.2 Å². The van der Waals surface area contributed by atoms with Crippen LogP contribution in [0.15, 0.2) is 109 Å². The first-order valence-electron chi connectivity index (χ1n) is 15.7. The van der Waals surface area contributed by atoms with Gasteiger partial charge in [0, 0.05) is 10.8 Å². The van der Waals surface area contributed by atoms with Crippen molar-refractivity contribution in [2.24, 2.45) is 0 Å². The van der Waals surface area contributed by atoms with Crippen molar-refractivity contribution >= 4 is 55.0 Å². The van der Waals surface area contributed by atoms with Crippen LogP contribution in [-0.4, -0.2) is 9.13 Å². The van der Waals surface area contributed by atoms with Gasteiger partial charge in [-0.25, -0.2) is 9.69 Å². The van der Waals surface area contributed by atoms with Crippen molar-refractivity contribution in [3.8, 4) is 40.7 Å². The molecule has 2 aromatic heterocycles. The highest BCUT2D eigenvalue weighted by Gasteiger charge is 2.39. The number of nitriles is 3. The van der Waals surface area contributed by atoms with Crippen LogP contribution in [0.5, 0.6) is 0 Å². The number of halogens is 3. The Kier molecular flexibility index (Phi) is 7.04. The topological polar surface area (TPSA) is 89.9 Å². The summed E-state index contributed by atoms with van der Waals surface area (Å²) in [6, 6.07) is 34.8.